The number of halogens is 2. The van der Waals surface area contributed by atoms with Gasteiger partial charge in [-0.3, -0.25) is 9.69 Å². The summed E-state index contributed by atoms with van der Waals surface area (Å²) in [5.74, 6) is -2.90. The summed E-state index contributed by atoms with van der Waals surface area (Å²) in [4.78, 5) is 37.5. The summed E-state index contributed by atoms with van der Waals surface area (Å²) in [6.45, 7) is 2.62. The van der Waals surface area contributed by atoms with Gasteiger partial charge in [-0.2, -0.15) is 0 Å². The van der Waals surface area contributed by atoms with E-state index >= 15 is 0 Å². The summed E-state index contributed by atoms with van der Waals surface area (Å²) in [5.41, 5.74) is -1.58. The van der Waals surface area contributed by atoms with Gasteiger partial charge in [0, 0.05) is 11.1 Å². The van der Waals surface area contributed by atoms with Gasteiger partial charge in [-0.1, -0.05) is 0 Å². The van der Waals surface area contributed by atoms with E-state index in [0.29, 0.717) is 5.56 Å². The van der Waals surface area contributed by atoms with Crippen molar-refractivity contribution in [3.05, 3.63) is 58.5 Å². The molecule has 0 radical (unpaired) electrons. The average molecular weight is 378 g/mol. The molecule has 2 heterocycles. The van der Waals surface area contributed by atoms with E-state index in [9.17, 15) is 23.2 Å². The zero-order valence-electron chi connectivity index (χ0n) is 14.8. The predicted octanol–water partition coefficient (Wildman–Crippen LogP) is 2.62. The van der Waals surface area contributed by atoms with Gasteiger partial charge in [-0.05, 0) is 38.1 Å². The second kappa shape index (κ2) is 6.49. The first-order chi connectivity index (χ1) is 12.7. The lowest BCUT2D eigenvalue weighted by Gasteiger charge is -2.22. The van der Waals surface area contributed by atoms with E-state index in [-0.39, 0.29) is 23.6 Å². The van der Waals surface area contributed by atoms with Crippen LogP contribution in [-0.2, 0) is 21.6 Å². The number of nitrogens with zero attached hydrogens (tertiary/aromatic N) is 1. The highest BCUT2D eigenvalue weighted by molar-refractivity contribution is 6.07. The van der Waals surface area contributed by atoms with Gasteiger partial charge in [-0.25, -0.2) is 18.4 Å². The Morgan fingerprint density at radius 1 is 1.30 bits per heavy atom. The SMILES string of the molecule is COC(=O)c1oc(CN2C(=O)NC(C)(c3cc(F)ccc3F)C2=O)cc1C. The van der Waals surface area contributed by atoms with Crippen LogP contribution in [0.3, 0.4) is 0 Å². The van der Waals surface area contributed by atoms with Crippen molar-refractivity contribution in [1.29, 1.82) is 0 Å². The lowest BCUT2D eigenvalue weighted by atomic mass is 9.91. The number of aryl methyl sites for hydroxylation is 1. The second-order valence-corrected chi connectivity index (χ2v) is 6.29. The molecule has 0 saturated carbocycles. The predicted molar refractivity (Wildman–Crippen MR) is 87.6 cm³/mol. The molecule has 142 valence electrons. The molecule has 1 aromatic carbocycles. The van der Waals surface area contributed by atoms with E-state index in [1.807, 2.05) is 0 Å². The van der Waals surface area contributed by atoms with Crippen LogP contribution in [0.25, 0.3) is 0 Å². The largest absolute Gasteiger partial charge is 0.463 e. The van der Waals surface area contributed by atoms with Crippen LogP contribution >= 0.6 is 0 Å². The highest BCUT2D eigenvalue weighted by atomic mass is 19.1. The number of amides is 3. The lowest BCUT2D eigenvalue weighted by Crippen LogP contribution is -2.41. The number of methoxy groups -OCH3 is 1. The monoisotopic (exact) mass is 378 g/mol. The first-order valence-corrected chi connectivity index (χ1v) is 7.94. The molecule has 1 unspecified atom stereocenters. The lowest BCUT2D eigenvalue weighted by molar-refractivity contribution is -0.131. The Hall–Kier alpha value is -3.23. The maximum atomic E-state index is 14.1. The van der Waals surface area contributed by atoms with Crippen molar-refractivity contribution < 1.29 is 32.3 Å². The zero-order chi connectivity index (χ0) is 19.9. The maximum Gasteiger partial charge on any atom is 0.374 e. The van der Waals surface area contributed by atoms with Crippen molar-refractivity contribution in [1.82, 2.24) is 10.2 Å². The minimum absolute atomic E-state index is 0.0431. The van der Waals surface area contributed by atoms with Gasteiger partial charge in [0.05, 0.1) is 13.7 Å². The van der Waals surface area contributed by atoms with E-state index in [2.05, 4.69) is 10.1 Å². The molecule has 0 bridgehead atoms. The van der Waals surface area contributed by atoms with Gasteiger partial charge >= 0.3 is 12.0 Å². The molecule has 1 aromatic heterocycles. The number of urea groups is 1. The van der Waals surface area contributed by atoms with Crippen molar-refractivity contribution in [3.8, 4) is 0 Å². The molecule has 1 fully saturated rings. The summed E-state index contributed by atoms with van der Waals surface area (Å²) in [6.07, 6.45) is 0. The van der Waals surface area contributed by atoms with E-state index in [1.165, 1.54) is 20.1 Å². The van der Waals surface area contributed by atoms with E-state index in [4.69, 9.17) is 4.42 Å². The third-order valence-corrected chi connectivity index (χ3v) is 4.40. The Labute approximate surface area is 152 Å². The Morgan fingerprint density at radius 2 is 2.00 bits per heavy atom. The minimum Gasteiger partial charge on any atom is -0.463 e. The fraction of sp³-hybridized carbons (Fsp3) is 0.278. The van der Waals surface area contributed by atoms with Crippen molar-refractivity contribution >= 4 is 17.9 Å². The van der Waals surface area contributed by atoms with Gasteiger partial charge in [0.1, 0.15) is 22.9 Å². The highest BCUT2D eigenvalue weighted by Crippen LogP contribution is 2.32. The third kappa shape index (κ3) is 3.05. The molecule has 2 aromatic rings. The molecule has 1 N–H and O–H groups in total. The molecule has 1 aliphatic heterocycles. The van der Waals surface area contributed by atoms with Crippen LogP contribution in [0.15, 0.2) is 28.7 Å². The standard InChI is InChI=1S/C18H16F2N2O5/c1-9-6-11(27-14(9)15(23)26-3)8-22-16(24)18(2,21-17(22)25)12-7-10(19)4-5-13(12)20/h4-7H,8H2,1-3H3,(H,21,25). The van der Waals surface area contributed by atoms with Gasteiger partial charge in [0.25, 0.3) is 5.91 Å². The van der Waals surface area contributed by atoms with E-state index in [1.54, 1.807) is 6.92 Å². The van der Waals surface area contributed by atoms with Gasteiger partial charge in [-0.15, -0.1) is 0 Å². The van der Waals surface area contributed by atoms with Crippen molar-refractivity contribution in [2.45, 2.75) is 25.9 Å². The van der Waals surface area contributed by atoms with Gasteiger partial charge in [0.15, 0.2) is 0 Å². The molecule has 0 spiro atoms. The number of benzene rings is 1. The van der Waals surface area contributed by atoms with Gasteiger partial charge < -0.3 is 14.5 Å². The summed E-state index contributed by atoms with van der Waals surface area (Å²) < 4.78 is 37.6. The maximum absolute atomic E-state index is 14.1. The number of hydrogen-bond acceptors (Lipinski definition) is 5. The minimum atomic E-state index is -1.77. The van der Waals surface area contributed by atoms with Crippen LogP contribution in [0.2, 0.25) is 0 Å². The van der Waals surface area contributed by atoms with Crippen molar-refractivity contribution in [2.75, 3.05) is 7.11 Å². The molecule has 1 saturated heterocycles. The topological polar surface area (TPSA) is 88.8 Å². The molecule has 0 aliphatic carbocycles. The summed E-state index contributed by atoms with van der Waals surface area (Å²) in [7, 11) is 1.19. The Balaban J connectivity index is 1.91. The van der Waals surface area contributed by atoms with Crippen LogP contribution in [0, 0.1) is 18.6 Å². The van der Waals surface area contributed by atoms with Crippen molar-refractivity contribution in [3.63, 3.8) is 0 Å². The fourth-order valence-electron chi connectivity index (χ4n) is 2.98. The van der Waals surface area contributed by atoms with E-state index < -0.39 is 35.1 Å². The Kier molecular flexibility index (Phi) is 4.46. The number of furan rings is 1. The highest BCUT2D eigenvalue weighted by Gasteiger charge is 2.50. The quantitative estimate of drug-likeness (QED) is 0.653. The number of imide groups is 1. The Morgan fingerprint density at radius 3 is 2.67 bits per heavy atom. The molecule has 3 rings (SSSR count). The van der Waals surface area contributed by atoms with Crippen LogP contribution < -0.4 is 5.32 Å². The molecule has 3 amide bonds. The number of hydrogen-bond donors (Lipinski definition) is 1. The molecule has 27 heavy (non-hydrogen) atoms. The molecular formula is C18H16F2N2O5. The average Bonchev–Trinajstić information content (AvgIpc) is 3.09. The molecular weight excluding hydrogens is 362 g/mol. The third-order valence-electron chi connectivity index (χ3n) is 4.40. The summed E-state index contributed by atoms with van der Waals surface area (Å²) in [6, 6.07) is 3.37. The molecule has 9 heteroatoms. The smallest absolute Gasteiger partial charge is 0.374 e. The first-order valence-electron chi connectivity index (χ1n) is 7.94. The molecule has 1 atom stereocenters. The fourth-order valence-corrected chi connectivity index (χ4v) is 2.98. The normalized spacial score (nSPS) is 19.4. The number of rotatable bonds is 4. The van der Waals surface area contributed by atoms with Crippen molar-refractivity contribution in [2.24, 2.45) is 0 Å². The number of carbonyl (C=O) groups excluding carboxylic acids is 3. The number of nitrogens with one attached hydrogen (secondary N) is 1. The second-order valence-electron chi connectivity index (χ2n) is 6.29. The van der Waals surface area contributed by atoms with Crippen LogP contribution in [0.5, 0.6) is 0 Å². The van der Waals surface area contributed by atoms with Crippen LogP contribution in [0.4, 0.5) is 13.6 Å². The number of carbonyl (C=O) groups is 3. The molecule has 1 aliphatic rings. The number of ether oxygens (including phenoxy) is 1. The van der Waals surface area contributed by atoms with Crippen LogP contribution in [0.1, 0.15) is 34.4 Å². The Bertz CT molecular complexity index is 955. The summed E-state index contributed by atoms with van der Waals surface area (Å²) >= 11 is 0. The van der Waals surface area contributed by atoms with Gasteiger partial charge in [0.2, 0.25) is 5.76 Å². The van der Waals surface area contributed by atoms with Crippen LogP contribution in [-0.4, -0.2) is 29.9 Å². The number of esters is 1. The first kappa shape index (κ1) is 18.6. The zero-order valence-corrected chi connectivity index (χ0v) is 14.8. The molecule has 7 nitrogen and oxygen atoms in total. The van der Waals surface area contributed by atoms with E-state index in [0.717, 1.165) is 23.1 Å². The summed E-state index contributed by atoms with van der Waals surface area (Å²) in [5, 5.41) is 2.39.